The van der Waals surface area contributed by atoms with Gasteiger partial charge in [-0.05, 0) is 54.4 Å². The molecule has 1 aromatic heterocycles. The quantitative estimate of drug-likeness (QED) is 0.268. The standard InChI is InChI=1S/C21H14N4O5S/c26-19(13-6-8-15(9-7-13)25(28)29)23-21(27)24-31-16-10-11-18-17(12-16)22-20(30-18)14-4-2-1-3-5-14/h1-12H,(H2,23,24,26,27). The van der Waals surface area contributed by atoms with Crippen molar-refractivity contribution >= 4 is 40.7 Å². The zero-order valence-electron chi connectivity index (χ0n) is 15.8. The molecule has 4 aromatic rings. The van der Waals surface area contributed by atoms with Gasteiger partial charge >= 0.3 is 6.03 Å². The van der Waals surface area contributed by atoms with Crippen molar-refractivity contribution in [1.82, 2.24) is 15.0 Å². The minimum absolute atomic E-state index is 0.128. The molecule has 0 aliphatic heterocycles. The first-order valence-corrected chi connectivity index (χ1v) is 9.80. The Kier molecular flexibility index (Phi) is 5.63. The summed E-state index contributed by atoms with van der Waals surface area (Å²) in [6.07, 6.45) is 0. The molecule has 1 heterocycles. The molecule has 3 amide bonds. The van der Waals surface area contributed by atoms with Crippen LogP contribution < -0.4 is 10.0 Å². The summed E-state index contributed by atoms with van der Waals surface area (Å²) in [7, 11) is 0. The van der Waals surface area contributed by atoms with E-state index in [4.69, 9.17) is 4.42 Å². The molecule has 3 aromatic carbocycles. The van der Waals surface area contributed by atoms with Crippen LogP contribution in [0.25, 0.3) is 22.6 Å². The third-order valence-corrected chi connectivity index (χ3v) is 4.99. The Morgan fingerprint density at radius 3 is 2.45 bits per heavy atom. The summed E-state index contributed by atoms with van der Waals surface area (Å²) in [5.74, 6) is -0.176. The molecule has 4 rings (SSSR count). The summed E-state index contributed by atoms with van der Waals surface area (Å²) in [6, 6.07) is 19.0. The number of rotatable bonds is 5. The number of oxazole rings is 1. The van der Waals surface area contributed by atoms with Crippen LogP contribution in [0, 0.1) is 10.1 Å². The molecular formula is C21H14N4O5S. The van der Waals surface area contributed by atoms with Crippen molar-refractivity contribution in [1.29, 1.82) is 0 Å². The van der Waals surface area contributed by atoms with Gasteiger partial charge in [-0.2, -0.15) is 0 Å². The smallest absolute Gasteiger partial charge is 0.331 e. The van der Waals surface area contributed by atoms with Crippen LogP contribution in [0.2, 0.25) is 0 Å². The molecule has 2 N–H and O–H groups in total. The van der Waals surface area contributed by atoms with E-state index in [9.17, 15) is 19.7 Å². The highest BCUT2D eigenvalue weighted by molar-refractivity contribution is 7.98. The average Bonchev–Trinajstić information content (AvgIpc) is 3.22. The van der Waals surface area contributed by atoms with E-state index in [1.54, 1.807) is 18.2 Å². The summed E-state index contributed by atoms with van der Waals surface area (Å²) < 4.78 is 8.26. The molecule has 154 valence electrons. The Morgan fingerprint density at radius 1 is 1.00 bits per heavy atom. The molecular weight excluding hydrogens is 420 g/mol. The van der Waals surface area contributed by atoms with Gasteiger partial charge in [0, 0.05) is 28.2 Å². The van der Waals surface area contributed by atoms with Crippen LogP contribution in [0.15, 0.2) is 82.1 Å². The Bertz CT molecular complexity index is 1270. The Morgan fingerprint density at radius 2 is 1.74 bits per heavy atom. The molecule has 31 heavy (non-hydrogen) atoms. The van der Waals surface area contributed by atoms with E-state index >= 15 is 0 Å². The topological polar surface area (TPSA) is 127 Å². The molecule has 0 unspecified atom stereocenters. The second-order valence-electron chi connectivity index (χ2n) is 6.31. The molecule has 0 aliphatic carbocycles. The lowest BCUT2D eigenvalue weighted by atomic mass is 10.2. The van der Waals surface area contributed by atoms with E-state index in [0.717, 1.165) is 17.5 Å². The van der Waals surface area contributed by atoms with Gasteiger partial charge in [-0.1, -0.05) is 18.2 Å². The summed E-state index contributed by atoms with van der Waals surface area (Å²) in [6.45, 7) is 0. The summed E-state index contributed by atoms with van der Waals surface area (Å²) >= 11 is 1.01. The first kappa shape index (κ1) is 20.1. The predicted molar refractivity (Wildman–Crippen MR) is 114 cm³/mol. The molecule has 0 saturated carbocycles. The lowest BCUT2D eigenvalue weighted by molar-refractivity contribution is -0.384. The van der Waals surface area contributed by atoms with Crippen LogP contribution in [-0.2, 0) is 0 Å². The fourth-order valence-corrected chi connectivity index (χ4v) is 3.28. The van der Waals surface area contributed by atoms with E-state index in [1.165, 1.54) is 24.3 Å². The van der Waals surface area contributed by atoms with Crippen LogP contribution in [0.3, 0.4) is 0 Å². The zero-order valence-corrected chi connectivity index (χ0v) is 16.6. The highest BCUT2D eigenvalue weighted by Gasteiger charge is 2.13. The lowest BCUT2D eigenvalue weighted by Crippen LogP contribution is -2.36. The molecule has 0 saturated heterocycles. The van der Waals surface area contributed by atoms with Gasteiger partial charge in [0.15, 0.2) is 5.58 Å². The number of benzene rings is 3. The number of hydrogen-bond donors (Lipinski definition) is 2. The van der Waals surface area contributed by atoms with Crippen molar-refractivity contribution in [3.05, 3.63) is 88.5 Å². The first-order chi connectivity index (χ1) is 15.0. The number of aromatic nitrogens is 1. The highest BCUT2D eigenvalue weighted by Crippen LogP contribution is 2.27. The van der Waals surface area contributed by atoms with Crippen LogP contribution >= 0.6 is 11.9 Å². The monoisotopic (exact) mass is 434 g/mol. The fourth-order valence-electron chi connectivity index (χ4n) is 2.72. The number of nitrogens with zero attached hydrogens (tertiary/aromatic N) is 2. The molecule has 0 fully saturated rings. The third kappa shape index (κ3) is 4.70. The van der Waals surface area contributed by atoms with Crippen molar-refractivity contribution in [2.24, 2.45) is 0 Å². The van der Waals surface area contributed by atoms with E-state index in [-0.39, 0.29) is 11.3 Å². The van der Waals surface area contributed by atoms with Crippen LogP contribution in [0.5, 0.6) is 0 Å². The third-order valence-electron chi connectivity index (χ3n) is 4.21. The maximum Gasteiger partial charge on any atom is 0.331 e. The van der Waals surface area contributed by atoms with Crippen molar-refractivity contribution in [2.45, 2.75) is 4.90 Å². The maximum absolute atomic E-state index is 12.1. The Hall–Kier alpha value is -4.18. The van der Waals surface area contributed by atoms with E-state index in [1.807, 2.05) is 30.3 Å². The van der Waals surface area contributed by atoms with E-state index in [0.29, 0.717) is 21.9 Å². The van der Waals surface area contributed by atoms with Crippen molar-refractivity contribution in [3.8, 4) is 11.5 Å². The SMILES string of the molecule is O=C(NSc1ccc2oc(-c3ccccc3)nc2c1)NC(=O)c1ccc([N+](=O)[O-])cc1. The van der Waals surface area contributed by atoms with Crippen LogP contribution in [0.1, 0.15) is 10.4 Å². The predicted octanol–water partition coefficient (Wildman–Crippen LogP) is 4.55. The number of hydrogen-bond acceptors (Lipinski definition) is 7. The number of nitro groups is 1. The van der Waals surface area contributed by atoms with E-state index in [2.05, 4.69) is 15.0 Å². The fraction of sp³-hybridized carbons (Fsp3) is 0. The average molecular weight is 434 g/mol. The normalized spacial score (nSPS) is 10.6. The maximum atomic E-state index is 12.1. The number of imide groups is 1. The minimum atomic E-state index is -0.724. The van der Waals surface area contributed by atoms with Crippen molar-refractivity contribution in [2.75, 3.05) is 0 Å². The molecule has 0 radical (unpaired) electrons. The zero-order chi connectivity index (χ0) is 21.8. The van der Waals surface area contributed by atoms with E-state index < -0.39 is 16.9 Å². The molecule has 0 bridgehead atoms. The summed E-state index contributed by atoms with van der Waals surface area (Å²) in [5, 5.41) is 12.8. The van der Waals surface area contributed by atoms with Crippen LogP contribution in [-0.4, -0.2) is 21.8 Å². The van der Waals surface area contributed by atoms with Gasteiger partial charge in [0.1, 0.15) is 5.52 Å². The first-order valence-electron chi connectivity index (χ1n) is 8.98. The van der Waals surface area contributed by atoms with Crippen molar-refractivity contribution < 1.29 is 18.9 Å². The van der Waals surface area contributed by atoms with Gasteiger partial charge in [-0.25, -0.2) is 9.78 Å². The van der Waals surface area contributed by atoms with Gasteiger partial charge in [-0.15, -0.1) is 0 Å². The Balaban J connectivity index is 1.37. The Labute approximate surface area is 179 Å². The number of carbonyl (C=O) groups excluding carboxylic acids is 2. The molecule has 0 spiro atoms. The minimum Gasteiger partial charge on any atom is -0.436 e. The van der Waals surface area contributed by atoms with Gasteiger partial charge in [0.2, 0.25) is 5.89 Å². The number of carbonyl (C=O) groups is 2. The summed E-state index contributed by atoms with van der Waals surface area (Å²) in [5.41, 5.74) is 2.09. The van der Waals surface area contributed by atoms with Crippen molar-refractivity contribution in [3.63, 3.8) is 0 Å². The number of nitro benzene ring substituents is 1. The van der Waals surface area contributed by atoms with Crippen LogP contribution in [0.4, 0.5) is 10.5 Å². The lowest BCUT2D eigenvalue weighted by Gasteiger charge is -2.06. The molecule has 0 aliphatic rings. The van der Waals surface area contributed by atoms with Gasteiger partial charge in [0.25, 0.3) is 11.6 Å². The second-order valence-corrected chi connectivity index (χ2v) is 7.19. The molecule has 9 nitrogen and oxygen atoms in total. The largest absolute Gasteiger partial charge is 0.436 e. The number of urea groups is 1. The highest BCUT2D eigenvalue weighted by atomic mass is 32.2. The molecule has 0 atom stereocenters. The molecule has 10 heteroatoms. The van der Waals surface area contributed by atoms with Gasteiger partial charge in [0.05, 0.1) is 4.92 Å². The second kappa shape index (κ2) is 8.67. The number of fused-ring (bicyclic) bond motifs is 1. The van der Waals surface area contributed by atoms with Gasteiger partial charge in [-0.3, -0.25) is 24.9 Å². The number of nitrogens with one attached hydrogen (secondary N) is 2. The summed E-state index contributed by atoms with van der Waals surface area (Å²) in [4.78, 5) is 39.4. The van der Waals surface area contributed by atoms with Gasteiger partial charge < -0.3 is 4.42 Å². The number of amides is 3. The number of non-ortho nitro benzene ring substituents is 1.